The minimum Gasteiger partial charge on any atom is -0.465 e. The number of hydrogen-bond donors (Lipinski definition) is 0. The number of rotatable bonds is 8. The van der Waals surface area contributed by atoms with Crippen molar-refractivity contribution in [2.24, 2.45) is 0 Å². The number of methoxy groups -OCH3 is 1. The number of nitriles is 1. The Bertz CT molecular complexity index is 1030. The summed E-state index contributed by atoms with van der Waals surface area (Å²) in [5.41, 5.74) is 2.41. The van der Waals surface area contributed by atoms with Crippen LogP contribution in [0.2, 0.25) is 5.02 Å². The van der Waals surface area contributed by atoms with E-state index in [-0.39, 0.29) is 13.0 Å². The van der Waals surface area contributed by atoms with Crippen molar-refractivity contribution in [1.29, 1.82) is 5.26 Å². The van der Waals surface area contributed by atoms with E-state index in [1.807, 2.05) is 6.07 Å². The van der Waals surface area contributed by atoms with Crippen LogP contribution in [-0.4, -0.2) is 38.1 Å². The summed E-state index contributed by atoms with van der Waals surface area (Å²) < 4.78 is 9.67. The summed E-state index contributed by atoms with van der Waals surface area (Å²) in [5.74, 6) is -1.61. The Labute approximate surface area is 185 Å². The zero-order valence-corrected chi connectivity index (χ0v) is 17.9. The number of benzene rings is 2. The SMILES string of the molecule is COC(=O)c1ccc(/C=C/C(=O)OCC(=O)N(CCC#N)c2ccc(Cl)c(C)c2)cc1. The number of carbonyl (C=O) groups excluding carboxylic acids is 3. The van der Waals surface area contributed by atoms with E-state index in [2.05, 4.69) is 4.74 Å². The number of aryl methyl sites for hydroxylation is 1. The molecule has 160 valence electrons. The lowest BCUT2D eigenvalue weighted by Crippen LogP contribution is -2.35. The summed E-state index contributed by atoms with van der Waals surface area (Å²) in [6.07, 6.45) is 2.82. The van der Waals surface area contributed by atoms with Crippen LogP contribution in [0.25, 0.3) is 6.08 Å². The summed E-state index contributed by atoms with van der Waals surface area (Å²) >= 11 is 6.03. The highest BCUT2D eigenvalue weighted by atomic mass is 35.5. The first kappa shape index (κ1) is 23.6. The molecule has 31 heavy (non-hydrogen) atoms. The minimum absolute atomic E-state index is 0.128. The fourth-order valence-corrected chi connectivity index (χ4v) is 2.75. The van der Waals surface area contributed by atoms with E-state index < -0.39 is 24.5 Å². The van der Waals surface area contributed by atoms with E-state index in [1.54, 1.807) is 49.4 Å². The molecular weight excluding hydrogens is 420 g/mol. The maximum atomic E-state index is 12.6. The molecule has 0 bridgehead atoms. The van der Waals surface area contributed by atoms with Gasteiger partial charge in [-0.3, -0.25) is 4.79 Å². The molecule has 0 radical (unpaired) electrons. The number of amides is 1. The van der Waals surface area contributed by atoms with Gasteiger partial charge in [0.1, 0.15) is 0 Å². The van der Waals surface area contributed by atoms with Crippen molar-refractivity contribution in [2.45, 2.75) is 13.3 Å². The Morgan fingerprint density at radius 1 is 1.16 bits per heavy atom. The number of anilines is 1. The smallest absolute Gasteiger partial charge is 0.337 e. The van der Waals surface area contributed by atoms with Crippen LogP contribution in [0.3, 0.4) is 0 Å². The van der Waals surface area contributed by atoms with Crippen molar-refractivity contribution in [3.63, 3.8) is 0 Å². The van der Waals surface area contributed by atoms with Gasteiger partial charge >= 0.3 is 11.9 Å². The van der Waals surface area contributed by atoms with Crippen LogP contribution in [0.15, 0.2) is 48.5 Å². The second-order valence-electron chi connectivity index (χ2n) is 6.44. The lowest BCUT2D eigenvalue weighted by Gasteiger charge is -2.22. The average Bonchev–Trinajstić information content (AvgIpc) is 2.78. The van der Waals surface area contributed by atoms with Crippen molar-refractivity contribution < 1.29 is 23.9 Å². The van der Waals surface area contributed by atoms with Gasteiger partial charge < -0.3 is 14.4 Å². The lowest BCUT2D eigenvalue weighted by atomic mass is 10.1. The summed E-state index contributed by atoms with van der Waals surface area (Å²) in [6, 6.07) is 13.5. The zero-order chi connectivity index (χ0) is 22.8. The van der Waals surface area contributed by atoms with Crippen LogP contribution in [0.5, 0.6) is 0 Å². The Hall–Kier alpha value is -3.63. The molecule has 1 amide bonds. The molecule has 0 unspecified atom stereocenters. The van der Waals surface area contributed by atoms with Gasteiger partial charge in [-0.1, -0.05) is 23.7 Å². The highest BCUT2D eigenvalue weighted by Gasteiger charge is 2.17. The predicted octanol–water partition coefficient (Wildman–Crippen LogP) is 3.94. The van der Waals surface area contributed by atoms with Gasteiger partial charge in [0.2, 0.25) is 0 Å². The van der Waals surface area contributed by atoms with Gasteiger partial charge in [-0.25, -0.2) is 9.59 Å². The number of esters is 2. The molecule has 2 aromatic rings. The van der Waals surface area contributed by atoms with Crippen LogP contribution in [0.1, 0.15) is 27.9 Å². The van der Waals surface area contributed by atoms with E-state index in [9.17, 15) is 14.4 Å². The molecule has 8 heteroatoms. The standard InChI is InChI=1S/C23H21ClN2O5/c1-16-14-19(9-10-20(16)24)26(13-3-12-25)21(27)15-31-22(28)11-6-17-4-7-18(8-5-17)23(29)30-2/h4-11,14H,3,13,15H2,1-2H3/b11-6+. The van der Waals surface area contributed by atoms with Gasteiger partial charge in [0, 0.05) is 23.3 Å². The van der Waals surface area contributed by atoms with Crippen LogP contribution >= 0.6 is 11.6 Å². The highest BCUT2D eigenvalue weighted by molar-refractivity contribution is 6.31. The van der Waals surface area contributed by atoms with E-state index in [4.69, 9.17) is 21.6 Å². The fraction of sp³-hybridized carbons (Fsp3) is 0.217. The number of ether oxygens (including phenoxy) is 2. The minimum atomic E-state index is -0.696. The number of hydrogen-bond acceptors (Lipinski definition) is 6. The van der Waals surface area contributed by atoms with Crippen molar-refractivity contribution in [2.75, 3.05) is 25.2 Å². The summed E-state index contributed by atoms with van der Waals surface area (Å²) in [6.45, 7) is 1.50. The number of halogens is 1. The van der Waals surface area contributed by atoms with Gasteiger partial charge in [0.25, 0.3) is 5.91 Å². The molecule has 7 nitrogen and oxygen atoms in total. The maximum absolute atomic E-state index is 12.6. The highest BCUT2D eigenvalue weighted by Crippen LogP contribution is 2.23. The molecule has 0 aliphatic rings. The average molecular weight is 441 g/mol. The van der Waals surface area contributed by atoms with Crippen molar-refractivity contribution in [1.82, 2.24) is 0 Å². The zero-order valence-electron chi connectivity index (χ0n) is 17.1. The van der Waals surface area contributed by atoms with Crippen molar-refractivity contribution in [3.05, 3.63) is 70.3 Å². The van der Waals surface area contributed by atoms with Crippen LogP contribution < -0.4 is 4.90 Å². The van der Waals surface area contributed by atoms with E-state index >= 15 is 0 Å². The normalized spacial score (nSPS) is 10.4. The first-order chi connectivity index (χ1) is 14.8. The molecule has 0 saturated carbocycles. The van der Waals surface area contributed by atoms with Gasteiger partial charge in [-0.05, 0) is 54.5 Å². The second-order valence-corrected chi connectivity index (χ2v) is 6.85. The quantitative estimate of drug-likeness (QED) is 0.455. The Morgan fingerprint density at radius 3 is 2.48 bits per heavy atom. The molecule has 0 aromatic heterocycles. The van der Waals surface area contributed by atoms with E-state index in [0.29, 0.717) is 21.8 Å². The third-order valence-electron chi connectivity index (χ3n) is 4.28. The molecule has 0 spiro atoms. The van der Waals surface area contributed by atoms with Crippen LogP contribution in [-0.2, 0) is 19.1 Å². The summed E-state index contributed by atoms with van der Waals surface area (Å²) in [4.78, 5) is 37.4. The Balaban J connectivity index is 1.98. The molecule has 0 atom stereocenters. The molecule has 0 fully saturated rings. The number of nitrogens with zero attached hydrogens (tertiary/aromatic N) is 2. The van der Waals surface area contributed by atoms with Crippen LogP contribution in [0, 0.1) is 18.3 Å². The fourth-order valence-electron chi connectivity index (χ4n) is 2.63. The lowest BCUT2D eigenvalue weighted by molar-refractivity contribution is -0.142. The van der Waals surface area contributed by atoms with Gasteiger partial charge in [0.05, 0.1) is 25.2 Å². The first-order valence-corrected chi connectivity index (χ1v) is 9.70. The van der Waals surface area contributed by atoms with E-state index in [1.165, 1.54) is 24.2 Å². The van der Waals surface area contributed by atoms with E-state index in [0.717, 1.165) is 5.56 Å². The molecule has 0 heterocycles. The monoisotopic (exact) mass is 440 g/mol. The second kappa shape index (κ2) is 11.5. The summed E-state index contributed by atoms with van der Waals surface area (Å²) in [5, 5.41) is 9.43. The topological polar surface area (TPSA) is 96.7 Å². The molecule has 0 N–H and O–H groups in total. The molecule has 2 rings (SSSR count). The first-order valence-electron chi connectivity index (χ1n) is 9.32. The molecular formula is C23H21ClN2O5. The number of carbonyl (C=O) groups is 3. The maximum Gasteiger partial charge on any atom is 0.337 e. The molecule has 0 saturated heterocycles. The van der Waals surface area contributed by atoms with Crippen molar-refractivity contribution >= 4 is 41.2 Å². The third-order valence-corrected chi connectivity index (χ3v) is 4.71. The Morgan fingerprint density at radius 2 is 1.87 bits per heavy atom. The van der Waals surface area contributed by atoms with Gasteiger partial charge in [0.15, 0.2) is 6.61 Å². The summed E-state index contributed by atoms with van der Waals surface area (Å²) in [7, 11) is 1.29. The van der Waals surface area contributed by atoms with Crippen molar-refractivity contribution in [3.8, 4) is 6.07 Å². The molecule has 0 aliphatic heterocycles. The molecule has 2 aromatic carbocycles. The van der Waals surface area contributed by atoms with Gasteiger partial charge in [-0.15, -0.1) is 0 Å². The Kier molecular flexibility index (Phi) is 8.79. The predicted molar refractivity (Wildman–Crippen MR) is 117 cm³/mol. The molecule has 0 aliphatic carbocycles. The van der Waals surface area contributed by atoms with Crippen LogP contribution in [0.4, 0.5) is 5.69 Å². The largest absolute Gasteiger partial charge is 0.465 e. The third kappa shape index (κ3) is 6.98. The van der Waals surface area contributed by atoms with Gasteiger partial charge in [-0.2, -0.15) is 5.26 Å².